The first-order chi connectivity index (χ1) is 12.9. The highest BCUT2D eigenvalue weighted by molar-refractivity contribution is 7.95. The van der Waals surface area contributed by atoms with Gasteiger partial charge in [0, 0.05) is 28.8 Å². The molecule has 3 rings (SSSR count). The Kier molecular flexibility index (Phi) is 5.14. The van der Waals surface area contributed by atoms with E-state index in [0.717, 1.165) is 16.5 Å². The summed E-state index contributed by atoms with van der Waals surface area (Å²) in [7, 11) is 0.633. The Labute approximate surface area is 158 Å². The normalized spacial score (nSPS) is 12.2. The van der Waals surface area contributed by atoms with E-state index in [1.165, 1.54) is 33.5 Å². The molecular weight excluding hydrogens is 366 g/mol. The second-order valence-corrected chi connectivity index (χ2v) is 8.07. The van der Waals surface area contributed by atoms with Crippen molar-refractivity contribution in [3.63, 3.8) is 0 Å². The smallest absolute Gasteiger partial charge is 0.203 e. The molecule has 142 valence electrons. The molecule has 0 amide bonds. The molecule has 3 aromatic rings. The van der Waals surface area contributed by atoms with E-state index in [-0.39, 0.29) is 21.3 Å². The number of hydrogen-bond donors (Lipinski definition) is 1. The third-order valence-corrected chi connectivity index (χ3v) is 6.14. The van der Waals surface area contributed by atoms with Crippen LogP contribution in [0.25, 0.3) is 17.0 Å². The molecule has 0 bridgehead atoms. The van der Waals surface area contributed by atoms with Gasteiger partial charge in [-0.2, -0.15) is 0 Å². The Morgan fingerprint density at radius 1 is 0.963 bits per heavy atom. The molecule has 1 heterocycles. The molecule has 0 atom stereocenters. The summed E-state index contributed by atoms with van der Waals surface area (Å²) in [5.74, 6) is 0.924. The van der Waals surface area contributed by atoms with Crippen LogP contribution < -0.4 is 14.2 Å². The van der Waals surface area contributed by atoms with Gasteiger partial charge < -0.3 is 19.2 Å². The SMILES string of the molecule is COc1cc(S(=O)(=O)/C(C)=C/c2ccc3[nH]ccc3c2)cc(OC)c1OC. The van der Waals surface area contributed by atoms with Crippen LogP contribution in [-0.2, 0) is 9.84 Å². The van der Waals surface area contributed by atoms with Gasteiger partial charge in [-0.1, -0.05) is 6.07 Å². The molecular formula is C20H21NO5S. The monoisotopic (exact) mass is 387 g/mol. The molecule has 27 heavy (non-hydrogen) atoms. The summed E-state index contributed by atoms with van der Waals surface area (Å²) in [5.41, 5.74) is 1.80. The number of aromatic nitrogens is 1. The van der Waals surface area contributed by atoms with Crippen LogP contribution in [0.4, 0.5) is 0 Å². The maximum atomic E-state index is 13.1. The Balaban J connectivity index is 2.06. The zero-order valence-corrected chi connectivity index (χ0v) is 16.4. The summed E-state index contributed by atoms with van der Waals surface area (Å²) in [6.07, 6.45) is 3.49. The molecule has 0 aliphatic heterocycles. The first kappa shape index (κ1) is 18.8. The fraction of sp³-hybridized carbons (Fsp3) is 0.200. The molecule has 0 aliphatic carbocycles. The van der Waals surface area contributed by atoms with Crippen LogP contribution in [0.2, 0.25) is 0 Å². The predicted octanol–water partition coefficient (Wildman–Crippen LogP) is 4.03. The largest absolute Gasteiger partial charge is 0.493 e. The summed E-state index contributed by atoms with van der Waals surface area (Å²) >= 11 is 0. The van der Waals surface area contributed by atoms with E-state index in [4.69, 9.17) is 14.2 Å². The van der Waals surface area contributed by atoms with Gasteiger partial charge in [0.15, 0.2) is 11.5 Å². The van der Waals surface area contributed by atoms with Gasteiger partial charge in [0.2, 0.25) is 15.6 Å². The van der Waals surface area contributed by atoms with Crippen molar-refractivity contribution in [2.75, 3.05) is 21.3 Å². The highest BCUT2D eigenvalue weighted by Crippen LogP contribution is 2.40. The van der Waals surface area contributed by atoms with Crippen LogP contribution in [-0.4, -0.2) is 34.7 Å². The standard InChI is InChI=1S/C20H21NO5S/c1-13(9-14-5-6-17-15(10-14)7-8-21-17)27(22,23)16-11-18(24-2)20(26-4)19(12-16)25-3/h5-12,21H,1-4H3/b13-9+. The van der Waals surface area contributed by atoms with Crippen molar-refractivity contribution < 1.29 is 22.6 Å². The lowest BCUT2D eigenvalue weighted by Gasteiger charge is -2.14. The van der Waals surface area contributed by atoms with Crippen molar-refractivity contribution in [2.24, 2.45) is 0 Å². The Morgan fingerprint density at radius 3 is 2.22 bits per heavy atom. The minimum atomic E-state index is -3.73. The van der Waals surface area contributed by atoms with Gasteiger partial charge >= 0.3 is 0 Å². The third kappa shape index (κ3) is 3.50. The molecule has 2 aromatic carbocycles. The topological polar surface area (TPSA) is 77.6 Å². The Hall–Kier alpha value is -2.93. The maximum Gasteiger partial charge on any atom is 0.203 e. The van der Waals surface area contributed by atoms with E-state index in [1.54, 1.807) is 13.0 Å². The number of aromatic amines is 1. The average molecular weight is 387 g/mol. The average Bonchev–Trinajstić information content (AvgIpc) is 3.14. The second-order valence-electron chi connectivity index (χ2n) is 5.94. The quantitative estimate of drug-likeness (QED) is 0.691. The second kappa shape index (κ2) is 7.36. The van der Waals surface area contributed by atoms with Gasteiger partial charge in [-0.05, 0) is 42.1 Å². The summed E-state index contributed by atoms with van der Waals surface area (Å²) in [5, 5.41) is 1.02. The van der Waals surface area contributed by atoms with Crippen LogP contribution in [0, 0.1) is 0 Å². The van der Waals surface area contributed by atoms with Crippen molar-refractivity contribution in [3.8, 4) is 17.2 Å². The minimum absolute atomic E-state index is 0.0773. The fourth-order valence-electron chi connectivity index (χ4n) is 2.87. The first-order valence-electron chi connectivity index (χ1n) is 8.21. The summed E-state index contributed by atoms with van der Waals surface area (Å²) in [6, 6.07) is 10.5. The molecule has 1 aromatic heterocycles. The van der Waals surface area contributed by atoms with Gasteiger partial charge in [-0.3, -0.25) is 0 Å². The summed E-state index contributed by atoms with van der Waals surface area (Å²) in [6.45, 7) is 1.57. The molecule has 0 unspecified atom stereocenters. The number of nitrogens with one attached hydrogen (secondary N) is 1. The van der Waals surface area contributed by atoms with Crippen molar-refractivity contribution in [1.82, 2.24) is 4.98 Å². The number of benzene rings is 2. The highest BCUT2D eigenvalue weighted by Gasteiger charge is 2.23. The number of hydrogen-bond acceptors (Lipinski definition) is 5. The number of rotatable bonds is 6. The van der Waals surface area contributed by atoms with E-state index >= 15 is 0 Å². The fourth-order valence-corrected chi connectivity index (χ4v) is 4.06. The van der Waals surface area contributed by atoms with Gasteiger partial charge in [0.1, 0.15) is 0 Å². The third-order valence-electron chi connectivity index (χ3n) is 4.32. The van der Waals surface area contributed by atoms with Crippen LogP contribution in [0.5, 0.6) is 17.2 Å². The number of fused-ring (bicyclic) bond motifs is 1. The van der Waals surface area contributed by atoms with Gasteiger partial charge in [-0.25, -0.2) is 8.42 Å². The van der Waals surface area contributed by atoms with Crippen molar-refractivity contribution in [3.05, 3.63) is 53.1 Å². The number of H-pyrrole nitrogens is 1. The number of allylic oxidation sites excluding steroid dienone is 1. The predicted molar refractivity (Wildman–Crippen MR) is 105 cm³/mol. The minimum Gasteiger partial charge on any atom is -0.493 e. The van der Waals surface area contributed by atoms with Crippen LogP contribution in [0.1, 0.15) is 12.5 Å². The lowest BCUT2D eigenvalue weighted by atomic mass is 10.1. The number of methoxy groups -OCH3 is 3. The van der Waals surface area contributed by atoms with Gasteiger partial charge in [0.05, 0.1) is 26.2 Å². The zero-order chi connectivity index (χ0) is 19.6. The molecule has 0 radical (unpaired) electrons. The number of ether oxygens (including phenoxy) is 3. The van der Waals surface area contributed by atoms with Gasteiger partial charge in [0.25, 0.3) is 0 Å². The lowest BCUT2D eigenvalue weighted by Crippen LogP contribution is -2.05. The van der Waals surface area contributed by atoms with Crippen LogP contribution in [0.3, 0.4) is 0 Å². The summed E-state index contributed by atoms with van der Waals surface area (Å²) in [4.78, 5) is 3.41. The highest BCUT2D eigenvalue weighted by atomic mass is 32.2. The molecule has 0 fully saturated rings. The van der Waals surface area contributed by atoms with E-state index in [1.807, 2.05) is 30.5 Å². The van der Waals surface area contributed by atoms with E-state index < -0.39 is 9.84 Å². The van der Waals surface area contributed by atoms with Crippen LogP contribution >= 0.6 is 0 Å². The molecule has 6 nitrogen and oxygen atoms in total. The number of sulfone groups is 1. The first-order valence-corrected chi connectivity index (χ1v) is 9.69. The van der Waals surface area contributed by atoms with E-state index in [9.17, 15) is 8.42 Å². The lowest BCUT2D eigenvalue weighted by molar-refractivity contribution is 0.323. The Bertz CT molecular complexity index is 1090. The molecule has 7 heteroatoms. The van der Waals surface area contributed by atoms with Gasteiger partial charge in [-0.15, -0.1) is 0 Å². The van der Waals surface area contributed by atoms with Crippen molar-refractivity contribution >= 4 is 26.8 Å². The van der Waals surface area contributed by atoms with Crippen molar-refractivity contribution in [1.29, 1.82) is 0 Å². The molecule has 1 N–H and O–H groups in total. The molecule has 0 saturated carbocycles. The van der Waals surface area contributed by atoms with Crippen molar-refractivity contribution in [2.45, 2.75) is 11.8 Å². The van der Waals surface area contributed by atoms with E-state index in [2.05, 4.69) is 4.98 Å². The molecule has 0 aliphatic rings. The molecule has 0 spiro atoms. The maximum absolute atomic E-state index is 13.1. The molecule has 0 saturated heterocycles. The van der Waals surface area contributed by atoms with E-state index in [0.29, 0.717) is 5.75 Å². The summed E-state index contributed by atoms with van der Waals surface area (Å²) < 4.78 is 41.9. The van der Waals surface area contributed by atoms with Crippen LogP contribution in [0.15, 0.2) is 52.4 Å². The zero-order valence-electron chi connectivity index (χ0n) is 15.6. The Morgan fingerprint density at radius 2 is 1.63 bits per heavy atom.